The van der Waals surface area contributed by atoms with E-state index in [4.69, 9.17) is 5.11 Å². The molecular formula is C14H24N2O3. The Hall–Kier alpha value is -1.26. The third kappa shape index (κ3) is 3.61. The van der Waals surface area contributed by atoms with E-state index in [2.05, 4.69) is 0 Å². The number of nitrogens with zero attached hydrogens (tertiary/aromatic N) is 2. The smallest absolute Gasteiger partial charge is 0.320 e. The van der Waals surface area contributed by atoms with Crippen LogP contribution in [0.3, 0.4) is 0 Å². The van der Waals surface area contributed by atoms with Gasteiger partial charge in [0, 0.05) is 25.7 Å². The van der Waals surface area contributed by atoms with Crippen LogP contribution in [0, 0.1) is 11.8 Å². The summed E-state index contributed by atoms with van der Waals surface area (Å²) in [7, 11) is 0. The van der Waals surface area contributed by atoms with Crippen molar-refractivity contribution < 1.29 is 14.7 Å². The van der Waals surface area contributed by atoms with E-state index in [9.17, 15) is 9.59 Å². The lowest BCUT2D eigenvalue weighted by Crippen LogP contribution is -2.50. The van der Waals surface area contributed by atoms with Crippen molar-refractivity contribution in [2.75, 3.05) is 19.6 Å². The number of urea groups is 1. The summed E-state index contributed by atoms with van der Waals surface area (Å²) in [6, 6.07) is 0.302. The van der Waals surface area contributed by atoms with Crippen LogP contribution >= 0.6 is 0 Å². The van der Waals surface area contributed by atoms with Gasteiger partial charge in [0.05, 0.1) is 5.92 Å². The first kappa shape index (κ1) is 14.2. The summed E-state index contributed by atoms with van der Waals surface area (Å²) in [6.45, 7) is 6.09. The largest absolute Gasteiger partial charge is 0.481 e. The van der Waals surface area contributed by atoms with Crippen LogP contribution < -0.4 is 0 Å². The summed E-state index contributed by atoms with van der Waals surface area (Å²) >= 11 is 0. The standard InChI is InChI=1S/C14H24N2O3/c1-10(2)16(9-11-3-4-11)14(19)15-7-5-12(6-8-15)13(17)18/h10-12H,3-9H2,1-2H3,(H,17,18). The van der Waals surface area contributed by atoms with Crippen LogP contribution in [-0.4, -0.2) is 52.6 Å². The van der Waals surface area contributed by atoms with Crippen LogP contribution in [-0.2, 0) is 4.79 Å². The van der Waals surface area contributed by atoms with Crippen LogP contribution in [0.2, 0.25) is 0 Å². The minimum Gasteiger partial charge on any atom is -0.481 e. The molecule has 108 valence electrons. The summed E-state index contributed by atoms with van der Waals surface area (Å²) in [6.07, 6.45) is 3.63. The van der Waals surface area contributed by atoms with E-state index in [1.165, 1.54) is 12.8 Å². The predicted molar refractivity (Wildman–Crippen MR) is 71.9 cm³/mol. The molecule has 2 fully saturated rings. The second-order valence-corrected chi connectivity index (χ2v) is 6.07. The molecule has 2 rings (SSSR count). The molecule has 0 spiro atoms. The molecule has 1 saturated carbocycles. The highest BCUT2D eigenvalue weighted by atomic mass is 16.4. The normalized spacial score (nSPS) is 20.7. The Bertz CT molecular complexity index is 345. The molecule has 0 aromatic carbocycles. The van der Waals surface area contributed by atoms with Gasteiger partial charge in [-0.15, -0.1) is 0 Å². The molecular weight excluding hydrogens is 244 g/mol. The molecule has 1 saturated heterocycles. The number of carbonyl (C=O) groups is 2. The van der Waals surface area contributed by atoms with Crippen molar-refractivity contribution >= 4 is 12.0 Å². The van der Waals surface area contributed by atoms with Gasteiger partial charge in [-0.05, 0) is 45.4 Å². The van der Waals surface area contributed by atoms with Crippen molar-refractivity contribution in [2.24, 2.45) is 11.8 Å². The molecule has 2 aliphatic rings. The molecule has 0 aromatic heterocycles. The number of rotatable bonds is 4. The van der Waals surface area contributed by atoms with E-state index in [1.807, 2.05) is 23.6 Å². The molecule has 5 nitrogen and oxygen atoms in total. The SMILES string of the molecule is CC(C)N(CC1CC1)C(=O)N1CCC(C(=O)O)CC1. The van der Waals surface area contributed by atoms with Crippen molar-refractivity contribution in [1.82, 2.24) is 9.80 Å². The number of hydrogen-bond donors (Lipinski definition) is 1. The Balaban J connectivity index is 1.89. The molecule has 1 N–H and O–H groups in total. The van der Waals surface area contributed by atoms with Gasteiger partial charge in [0.1, 0.15) is 0 Å². The number of carboxylic acid groups (broad SMARTS) is 1. The van der Waals surface area contributed by atoms with E-state index in [-0.39, 0.29) is 18.0 Å². The van der Waals surface area contributed by atoms with E-state index in [0.717, 1.165) is 6.54 Å². The molecule has 0 unspecified atom stereocenters. The van der Waals surface area contributed by atoms with Crippen molar-refractivity contribution in [3.8, 4) is 0 Å². The zero-order valence-corrected chi connectivity index (χ0v) is 11.8. The Morgan fingerprint density at radius 2 is 1.79 bits per heavy atom. The average Bonchev–Trinajstić information content (AvgIpc) is 3.19. The average molecular weight is 268 g/mol. The Labute approximate surface area is 114 Å². The Morgan fingerprint density at radius 3 is 2.21 bits per heavy atom. The van der Waals surface area contributed by atoms with Crippen LogP contribution in [0.4, 0.5) is 4.79 Å². The third-order valence-electron chi connectivity index (χ3n) is 4.14. The Morgan fingerprint density at radius 1 is 1.21 bits per heavy atom. The fourth-order valence-electron chi connectivity index (χ4n) is 2.59. The maximum Gasteiger partial charge on any atom is 0.320 e. The molecule has 2 amide bonds. The topological polar surface area (TPSA) is 60.9 Å². The lowest BCUT2D eigenvalue weighted by molar-refractivity contribution is -0.143. The lowest BCUT2D eigenvalue weighted by Gasteiger charge is -2.36. The molecule has 1 aliphatic heterocycles. The van der Waals surface area contributed by atoms with Gasteiger partial charge in [-0.3, -0.25) is 4.79 Å². The molecule has 0 bridgehead atoms. The fourth-order valence-corrected chi connectivity index (χ4v) is 2.59. The number of aliphatic carboxylic acids is 1. The van der Waals surface area contributed by atoms with Gasteiger partial charge in [0.15, 0.2) is 0 Å². The molecule has 0 atom stereocenters. The first-order valence-corrected chi connectivity index (χ1v) is 7.27. The fraction of sp³-hybridized carbons (Fsp3) is 0.857. The highest BCUT2D eigenvalue weighted by Gasteiger charge is 2.33. The van der Waals surface area contributed by atoms with Crippen molar-refractivity contribution in [1.29, 1.82) is 0 Å². The second-order valence-electron chi connectivity index (χ2n) is 6.07. The number of likely N-dealkylation sites (tertiary alicyclic amines) is 1. The van der Waals surface area contributed by atoms with Gasteiger partial charge in [0.25, 0.3) is 0 Å². The predicted octanol–water partition coefficient (Wildman–Crippen LogP) is 2.02. The number of amides is 2. The third-order valence-corrected chi connectivity index (χ3v) is 4.14. The molecule has 0 aromatic rings. The number of carbonyl (C=O) groups excluding carboxylic acids is 1. The lowest BCUT2D eigenvalue weighted by atomic mass is 9.97. The molecule has 19 heavy (non-hydrogen) atoms. The summed E-state index contributed by atoms with van der Waals surface area (Å²) in [5, 5.41) is 8.97. The van der Waals surface area contributed by atoms with Gasteiger partial charge in [-0.25, -0.2) is 4.79 Å². The summed E-state index contributed by atoms with van der Waals surface area (Å²) in [5.74, 6) is -0.325. The highest BCUT2D eigenvalue weighted by Crippen LogP contribution is 2.31. The quantitative estimate of drug-likeness (QED) is 0.848. The van der Waals surface area contributed by atoms with Crippen molar-refractivity contribution in [3.63, 3.8) is 0 Å². The van der Waals surface area contributed by atoms with Crippen LogP contribution in [0.1, 0.15) is 39.5 Å². The second kappa shape index (κ2) is 5.80. The van der Waals surface area contributed by atoms with Crippen molar-refractivity contribution in [2.45, 2.75) is 45.6 Å². The minimum atomic E-state index is -0.731. The van der Waals surface area contributed by atoms with Crippen LogP contribution in [0.25, 0.3) is 0 Å². The molecule has 1 aliphatic carbocycles. The van der Waals surface area contributed by atoms with Gasteiger partial charge in [-0.1, -0.05) is 0 Å². The van der Waals surface area contributed by atoms with Crippen LogP contribution in [0.5, 0.6) is 0 Å². The van der Waals surface area contributed by atoms with Gasteiger partial charge in [0.2, 0.25) is 0 Å². The Kier molecular flexibility index (Phi) is 4.32. The molecule has 0 radical (unpaired) electrons. The summed E-state index contributed by atoms with van der Waals surface area (Å²) < 4.78 is 0. The molecule has 5 heteroatoms. The minimum absolute atomic E-state index is 0.0886. The zero-order chi connectivity index (χ0) is 14.0. The van der Waals surface area contributed by atoms with Gasteiger partial charge < -0.3 is 14.9 Å². The maximum absolute atomic E-state index is 12.5. The number of piperidine rings is 1. The van der Waals surface area contributed by atoms with Gasteiger partial charge >= 0.3 is 12.0 Å². The summed E-state index contributed by atoms with van der Waals surface area (Å²) in [4.78, 5) is 27.2. The van der Waals surface area contributed by atoms with E-state index < -0.39 is 5.97 Å². The highest BCUT2D eigenvalue weighted by molar-refractivity contribution is 5.76. The van der Waals surface area contributed by atoms with E-state index in [1.54, 1.807) is 0 Å². The first-order chi connectivity index (χ1) is 8.99. The van der Waals surface area contributed by atoms with Gasteiger partial charge in [-0.2, -0.15) is 0 Å². The number of hydrogen-bond acceptors (Lipinski definition) is 2. The first-order valence-electron chi connectivity index (χ1n) is 7.27. The van der Waals surface area contributed by atoms with E-state index >= 15 is 0 Å². The van der Waals surface area contributed by atoms with E-state index in [0.29, 0.717) is 31.8 Å². The monoisotopic (exact) mass is 268 g/mol. The van der Waals surface area contributed by atoms with Crippen molar-refractivity contribution in [3.05, 3.63) is 0 Å². The zero-order valence-electron chi connectivity index (χ0n) is 11.8. The maximum atomic E-state index is 12.5. The summed E-state index contributed by atoms with van der Waals surface area (Å²) in [5.41, 5.74) is 0. The number of carboxylic acids is 1. The van der Waals surface area contributed by atoms with Crippen LogP contribution in [0.15, 0.2) is 0 Å². The molecule has 1 heterocycles.